The van der Waals surface area contributed by atoms with Crippen molar-refractivity contribution in [1.82, 2.24) is 0 Å². The predicted molar refractivity (Wildman–Crippen MR) is 132 cm³/mol. The zero-order valence-electron chi connectivity index (χ0n) is 18.6. The Balaban J connectivity index is 1.31. The molecule has 2 aromatic rings. The van der Waals surface area contributed by atoms with Crippen molar-refractivity contribution in [2.45, 2.75) is 43.9 Å². The van der Waals surface area contributed by atoms with Crippen LogP contribution in [0.25, 0.3) is 5.03 Å². The van der Waals surface area contributed by atoms with Gasteiger partial charge < -0.3 is 10.1 Å². The highest BCUT2D eigenvalue weighted by atomic mass is 35.5. The molecule has 0 heterocycles. The van der Waals surface area contributed by atoms with Gasteiger partial charge in [0.05, 0.1) is 23.4 Å². The quantitative estimate of drug-likeness (QED) is 0.375. The fourth-order valence-corrected chi connectivity index (χ4v) is 7.12. The molecule has 0 saturated heterocycles. The molecule has 0 atom stereocenters. The summed E-state index contributed by atoms with van der Waals surface area (Å²) in [5.41, 5.74) is 3.05. The van der Waals surface area contributed by atoms with Gasteiger partial charge in [-0.05, 0) is 91.0 Å². The van der Waals surface area contributed by atoms with Gasteiger partial charge in [0.2, 0.25) is 5.91 Å². The van der Waals surface area contributed by atoms with Crippen molar-refractivity contribution in [2.75, 3.05) is 12.4 Å². The van der Waals surface area contributed by atoms with Gasteiger partial charge in [-0.1, -0.05) is 47.5 Å². The summed E-state index contributed by atoms with van der Waals surface area (Å²) in [5.74, 6) is 1.67. The van der Waals surface area contributed by atoms with Crippen molar-refractivity contribution < 1.29 is 14.3 Å². The molecule has 2 aromatic carbocycles. The number of carbonyl (C=O) groups is 2. The Morgan fingerprint density at radius 2 is 1.61 bits per heavy atom. The molecule has 1 N–H and O–H groups in total. The van der Waals surface area contributed by atoms with Gasteiger partial charge in [-0.3, -0.25) is 4.79 Å². The Hall–Kier alpha value is -2.30. The molecule has 4 fully saturated rings. The summed E-state index contributed by atoms with van der Waals surface area (Å²) in [6.07, 6.45) is 9.54. The Morgan fingerprint density at radius 3 is 2.18 bits per heavy atom. The lowest BCUT2D eigenvalue weighted by Crippen LogP contribution is -2.48. The van der Waals surface area contributed by atoms with Crippen LogP contribution in [-0.2, 0) is 14.9 Å². The zero-order chi connectivity index (χ0) is 23.2. The van der Waals surface area contributed by atoms with Gasteiger partial charge in [0.25, 0.3) is 0 Å². The van der Waals surface area contributed by atoms with Crippen LogP contribution in [0, 0.1) is 17.8 Å². The van der Waals surface area contributed by atoms with E-state index < -0.39 is 11.9 Å². The van der Waals surface area contributed by atoms with Crippen LogP contribution in [0.15, 0.2) is 48.5 Å². The second-order valence-electron chi connectivity index (χ2n) is 9.94. The molecule has 4 nitrogen and oxygen atoms in total. The lowest BCUT2D eigenvalue weighted by Gasteiger charge is -2.57. The molecule has 1 amide bonds. The molecule has 6 heteroatoms. The lowest BCUT2D eigenvalue weighted by atomic mass is 9.48. The van der Waals surface area contributed by atoms with Crippen molar-refractivity contribution in [3.8, 4) is 0 Å². The molecule has 4 bridgehead atoms. The van der Waals surface area contributed by atoms with E-state index in [1.165, 1.54) is 63.3 Å². The SMILES string of the molecule is COC(=O)c1cc(Cl)ccc1NC(=O)C=C(Cl)c1ccc(C23CC4CC(CC(C4)C2)C3)cc1. The van der Waals surface area contributed by atoms with Crippen LogP contribution in [-0.4, -0.2) is 19.0 Å². The number of esters is 1. The lowest BCUT2D eigenvalue weighted by molar-refractivity contribution is -0.111. The van der Waals surface area contributed by atoms with E-state index in [9.17, 15) is 9.59 Å². The molecule has 33 heavy (non-hydrogen) atoms. The first kappa shape index (κ1) is 22.5. The maximum atomic E-state index is 12.6. The van der Waals surface area contributed by atoms with E-state index in [0.717, 1.165) is 23.3 Å². The number of anilines is 1. The highest BCUT2D eigenvalue weighted by Crippen LogP contribution is 2.60. The fourth-order valence-electron chi connectivity index (χ4n) is 6.72. The maximum Gasteiger partial charge on any atom is 0.340 e. The topological polar surface area (TPSA) is 55.4 Å². The Labute approximate surface area is 204 Å². The number of rotatable bonds is 5. The molecular weight excluding hydrogens is 457 g/mol. The van der Waals surface area contributed by atoms with Gasteiger partial charge >= 0.3 is 5.97 Å². The average Bonchev–Trinajstić information content (AvgIpc) is 2.79. The molecule has 6 rings (SSSR count). The highest BCUT2D eigenvalue weighted by Gasteiger charge is 2.51. The normalized spacial score (nSPS) is 28.0. The second kappa shape index (κ2) is 8.81. The van der Waals surface area contributed by atoms with Crippen molar-refractivity contribution in [2.24, 2.45) is 17.8 Å². The standard InChI is InChI=1S/C27H27Cl2NO3/c1-33-26(32)22-11-21(28)6-7-24(22)30-25(31)12-23(29)19-2-4-20(5-3-19)27-13-16-8-17(14-27)10-18(9-16)15-27/h2-7,11-12,16-18H,8-10,13-15H2,1H3,(H,30,31). The van der Waals surface area contributed by atoms with E-state index in [1.807, 2.05) is 12.1 Å². The summed E-state index contributed by atoms with van der Waals surface area (Å²) in [5, 5.41) is 3.42. The average molecular weight is 484 g/mol. The summed E-state index contributed by atoms with van der Waals surface area (Å²) in [4.78, 5) is 24.6. The smallest absolute Gasteiger partial charge is 0.340 e. The number of ether oxygens (including phenoxy) is 1. The molecule has 4 aliphatic rings. The van der Waals surface area contributed by atoms with Crippen molar-refractivity contribution >= 4 is 45.8 Å². The summed E-state index contributed by atoms with van der Waals surface area (Å²) >= 11 is 12.5. The van der Waals surface area contributed by atoms with Crippen LogP contribution in [0.2, 0.25) is 5.02 Å². The van der Waals surface area contributed by atoms with Gasteiger partial charge in [-0.15, -0.1) is 0 Å². The summed E-state index contributed by atoms with van der Waals surface area (Å²) in [6, 6.07) is 13.0. The van der Waals surface area contributed by atoms with Crippen molar-refractivity contribution in [3.05, 3.63) is 70.3 Å². The largest absolute Gasteiger partial charge is 0.465 e. The maximum absolute atomic E-state index is 12.6. The van der Waals surface area contributed by atoms with Gasteiger partial charge in [0.15, 0.2) is 0 Å². The van der Waals surface area contributed by atoms with Crippen LogP contribution in [0.1, 0.15) is 60.0 Å². The van der Waals surface area contributed by atoms with Gasteiger partial charge in [-0.25, -0.2) is 4.79 Å². The van der Waals surface area contributed by atoms with E-state index in [0.29, 0.717) is 21.2 Å². The minimum atomic E-state index is -0.580. The van der Waals surface area contributed by atoms with Crippen molar-refractivity contribution in [3.63, 3.8) is 0 Å². The molecular formula is C27H27Cl2NO3. The van der Waals surface area contributed by atoms with Gasteiger partial charge in [0.1, 0.15) is 0 Å². The van der Waals surface area contributed by atoms with E-state index in [-0.39, 0.29) is 5.56 Å². The summed E-state index contributed by atoms with van der Waals surface area (Å²) in [6.45, 7) is 0. The third kappa shape index (κ3) is 4.43. The number of hydrogen-bond acceptors (Lipinski definition) is 3. The van der Waals surface area contributed by atoms with E-state index in [4.69, 9.17) is 27.9 Å². The molecule has 172 valence electrons. The third-order valence-corrected chi connectivity index (χ3v) is 8.28. The Morgan fingerprint density at radius 1 is 1.00 bits per heavy atom. The van der Waals surface area contributed by atoms with Crippen LogP contribution in [0.4, 0.5) is 5.69 Å². The van der Waals surface area contributed by atoms with Crippen LogP contribution < -0.4 is 5.32 Å². The number of methoxy groups -OCH3 is 1. The van der Waals surface area contributed by atoms with E-state index in [1.54, 1.807) is 12.1 Å². The highest BCUT2D eigenvalue weighted by molar-refractivity contribution is 6.50. The number of hydrogen-bond donors (Lipinski definition) is 1. The third-order valence-electron chi connectivity index (χ3n) is 7.71. The molecule has 0 radical (unpaired) electrons. The number of halogens is 2. The van der Waals surface area contributed by atoms with Crippen LogP contribution in [0.3, 0.4) is 0 Å². The first-order chi connectivity index (χ1) is 15.8. The monoisotopic (exact) mass is 483 g/mol. The molecule has 0 unspecified atom stereocenters. The predicted octanol–water partition coefficient (Wildman–Crippen LogP) is 6.81. The molecule has 4 saturated carbocycles. The first-order valence-corrected chi connectivity index (χ1v) is 12.3. The minimum Gasteiger partial charge on any atom is -0.465 e. The van der Waals surface area contributed by atoms with Crippen LogP contribution in [0.5, 0.6) is 0 Å². The molecule has 0 spiro atoms. The molecule has 4 aliphatic carbocycles. The van der Waals surface area contributed by atoms with Crippen LogP contribution >= 0.6 is 23.2 Å². The number of nitrogens with one attached hydrogen (secondary N) is 1. The summed E-state index contributed by atoms with van der Waals surface area (Å²) in [7, 11) is 1.28. The van der Waals surface area contributed by atoms with Crippen molar-refractivity contribution in [1.29, 1.82) is 0 Å². The number of carbonyl (C=O) groups excluding carboxylic acids is 2. The van der Waals surface area contributed by atoms with E-state index >= 15 is 0 Å². The van der Waals surface area contributed by atoms with E-state index in [2.05, 4.69) is 17.4 Å². The first-order valence-electron chi connectivity index (χ1n) is 11.5. The van der Waals surface area contributed by atoms with Gasteiger partial charge in [0, 0.05) is 11.1 Å². The minimum absolute atomic E-state index is 0.183. The Bertz CT molecular complexity index is 1090. The zero-order valence-corrected chi connectivity index (χ0v) is 20.1. The number of benzene rings is 2. The van der Waals surface area contributed by atoms with Gasteiger partial charge in [-0.2, -0.15) is 0 Å². The number of amides is 1. The molecule has 0 aliphatic heterocycles. The summed E-state index contributed by atoms with van der Waals surface area (Å²) < 4.78 is 4.77. The second-order valence-corrected chi connectivity index (χ2v) is 10.8. The Kier molecular flexibility index (Phi) is 6.00. The molecule has 0 aromatic heterocycles. The fraction of sp³-hybridized carbons (Fsp3) is 0.407.